The average Bonchev–Trinajstić information content (AvgIpc) is 1.96. The van der Waals surface area contributed by atoms with Gasteiger partial charge < -0.3 is 5.73 Å². The summed E-state index contributed by atoms with van der Waals surface area (Å²) in [5, 5.41) is 1.39. The largest absolute Gasteiger partial charge is 0.326 e. The second-order valence-electron chi connectivity index (χ2n) is 2.06. The molecule has 0 amide bonds. The smallest absolute Gasteiger partial charge is 0.0585 e. The van der Waals surface area contributed by atoms with E-state index in [9.17, 15) is 0 Å². The molecule has 0 spiro atoms. The zero-order valence-corrected chi connectivity index (χ0v) is 9.24. The molecule has 0 atom stereocenters. The first-order chi connectivity index (χ1) is 5.15. The molecule has 1 aromatic carbocycles. The van der Waals surface area contributed by atoms with Crippen molar-refractivity contribution in [2.45, 2.75) is 6.54 Å². The third kappa shape index (κ3) is 2.21. The Balaban J connectivity index is 3.24. The van der Waals surface area contributed by atoms with E-state index in [1.165, 1.54) is 0 Å². The molecule has 0 saturated carbocycles. The highest BCUT2D eigenvalue weighted by Crippen LogP contribution is 2.26. The number of hydrogen-bond donors (Lipinski definition) is 1. The van der Waals surface area contributed by atoms with Gasteiger partial charge in [0, 0.05) is 15.1 Å². The summed E-state index contributed by atoms with van der Waals surface area (Å²) in [4.78, 5) is 0. The minimum absolute atomic E-state index is 0.426. The van der Waals surface area contributed by atoms with Crippen LogP contribution >= 0.6 is 45.8 Å². The molecule has 1 aromatic rings. The van der Waals surface area contributed by atoms with Crippen LogP contribution in [0.25, 0.3) is 0 Å². The van der Waals surface area contributed by atoms with Gasteiger partial charge in [-0.2, -0.15) is 0 Å². The second kappa shape index (κ2) is 3.94. The first-order valence-corrected chi connectivity index (χ1v) is 4.82. The van der Waals surface area contributed by atoms with Crippen molar-refractivity contribution in [1.29, 1.82) is 0 Å². The number of hydrogen-bond acceptors (Lipinski definition) is 1. The molecule has 1 rings (SSSR count). The van der Waals surface area contributed by atoms with Crippen LogP contribution in [0.3, 0.4) is 0 Å². The highest BCUT2D eigenvalue weighted by atomic mass is 127. The van der Waals surface area contributed by atoms with Crippen LogP contribution in [0.1, 0.15) is 5.56 Å². The molecule has 60 valence electrons. The van der Waals surface area contributed by atoms with Crippen molar-refractivity contribution in [2.24, 2.45) is 5.73 Å². The predicted octanol–water partition coefficient (Wildman–Crippen LogP) is 3.06. The van der Waals surface area contributed by atoms with Crippen molar-refractivity contribution >= 4 is 45.8 Å². The number of benzene rings is 1. The number of rotatable bonds is 1. The summed E-state index contributed by atoms with van der Waals surface area (Å²) >= 11 is 13.8. The molecule has 0 radical (unpaired) electrons. The van der Waals surface area contributed by atoms with Gasteiger partial charge >= 0.3 is 0 Å². The summed E-state index contributed by atoms with van der Waals surface area (Å²) in [5.41, 5.74) is 6.33. The van der Waals surface area contributed by atoms with Gasteiger partial charge in [0.15, 0.2) is 0 Å². The normalized spacial score (nSPS) is 10.2. The van der Waals surface area contributed by atoms with Gasteiger partial charge in [0.2, 0.25) is 0 Å². The molecular weight excluding hydrogens is 296 g/mol. The Morgan fingerprint density at radius 2 is 2.00 bits per heavy atom. The molecule has 0 bridgehead atoms. The number of nitrogens with two attached hydrogens (primary N) is 1. The van der Waals surface area contributed by atoms with Crippen LogP contribution in [0.5, 0.6) is 0 Å². The van der Waals surface area contributed by atoms with Gasteiger partial charge in [0.25, 0.3) is 0 Å². The molecule has 0 fully saturated rings. The average molecular weight is 302 g/mol. The standard InChI is InChI=1S/C7H6Cl2IN/c8-5-1-4(3-11)7(9)6(10)2-5/h1-2H,3,11H2. The molecule has 0 aliphatic rings. The zero-order valence-electron chi connectivity index (χ0n) is 5.57. The van der Waals surface area contributed by atoms with Crippen LogP contribution in [-0.2, 0) is 6.54 Å². The van der Waals surface area contributed by atoms with E-state index in [1.807, 2.05) is 6.07 Å². The fraction of sp³-hybridized carbons (Fsp3) is 0.143. The summed E-state index contributed by atoms with van der Waals surface area (Å²) in [6, 6.07) is 3.59. The number of halogens is 3. The van der Waals surface area contributed by atoms with Crippen molar-refractivity contribution < 1.29 is 0 Å². The van der Waals surface area contributed by atoms with E-state index in [4.69, 9.17) is 28.9 Å². The Morgan fingerprint density at radius 3 is 2.55 bits per heavy atom. The molecular formula is C7H6Cl2IN. The Kier molecular flexibility index (Phi) is 3.43. The van der Waals surface area contributed by atoms with E-state index in [-0.39, 0.29) is 0 Å². The lowest BCUT2D eigenvalue weighted by Crippen LogP contribution is -1.98. The van der Waals surface area contributed by atoms with Crippen molar-refractivity contribution in [2.75, 3.05) is 0 Å². The summed E-state index contributed by atoms with van der Waals surface area (Å²) < 4.78 is 0.942. The van der Waals surface area contributed by atoms with E-state index < -0.39 is 0 Å². The first kappa shape index (κ1) is 9.58. The molecule has 0 aliphatic heterocycles. The SMILES string of the molecule is NCc1cc(Cl)cc(I)c1Cl. The fourth-order valence-corrected chi connectivity index (χ4v) is 2.05. The molecule has 0 aromatic heterocycles. The van der Waals surface area contributed by atoms with Crippen molar-refractivity contribution in [3.63, 3.8) is 0 Å². The molecule has 0 heterocycles. The highest BCUT2D eigenvalue weighted by Gasteiger charge is 2.03. The van der Waals surface area contributed by atoms with Crippen molar-refractivity contribution in [1.82, 2.24) is 0 Å². The van der Waals surface area contributed by atoms with Crippen molar-refractivity contribution in [3.05, 3.63) is 31.3 Å². The lowest BCUT2D eigenvalue weighted by molar-refractivity contribution is 1.07. The fourth-order valence-electron chi connectivity index (χ4n) is 0.758. The van der Waals surface area contributed by atoms with E-state index in [0.717, 1.165) is 9.13 Å². The van der Waals surface area contributed by atoms with Crippen LogP contribution in [0.2, 0.25) is 10.0 Å². The van der Waals surface area contributed by atoms with Crippen LogP contribution in [0.4, 0.5) is 0 Å². The van der Waals surface area contributed by atoms with Crippen LogP contribution < -0.4 is 5.73 Å². The minimum Gasteiger partial charge on any atom is -0.326 e. The first-order valence-electron chi connectivity index (χ1n) is 2.98. The third-order valence-electron chi connectivity index (χ3n) is 1.29. The summed E-state index contributed by atoms with van der Waals surface area (Å²) in [5.74, 6) is 0. The van der Waals surface area contributed by atoms with Crippen molar-refractivity contribution in [3.8, 4) is 0 Å². The maximum Gasteiger partial charge on any atom is 0.0585 e. The Morgan fingerprint density at radius 1 is 1.36 bits per heavy atom. The Labute approximate surface area is 89.0 Å². The van der Waals surface area contributed by atoms with E-state index in [0.29, 0.717) is 16.6 Å². The second-order valence-corrected chi connectivity index (χ2v) is 4.04. The van der Waals surface area contributed by atoms with Gasteiger partial charge in [-0.05, 0) is 40.3 Å². The lowest BCUT2D eigenvalue weighted by atomic mass is 10.2. The Bertz CT molecular complexity index is 275. The molecule has 0 unspecified atom stereocenters. The Hall–Kier alpha value is 0.490. The zero-order chi connectivity index (χ0) is 8.43. The minimum atomic E-state index is 0.426. The summed E-state index contributed by atoms with van der Waals surface area (Å²) in [6.07, 6.45) is 0. The van der Waals surface area contributed by atoms with Gasteiger partial charge in [-0.25, -0.2) is 0 Å². The van der Waals surface area contributed by atoms with Gasteiger partial charge in [0.05, 0.1) is 5.02 Å². The lowest BCUT2D eigenvalue weighted by Gasteiger charge is -2.03. The van der Waals surface area contributed by atoms with E-state index >= 15 is 0 Å². The molecule has 11 heavy (non-hydrogen) atoms. The monoisotopic (exact) mass is 301 g/mol. The highest BCUT2D eigenvalue weighted by molar-refractivity contribution is 14.1. The molecule has 4 heteroatoms. The van der Waals surface area contributed by atoms with Gasteiger partial charge in [-0.15, -0.1) is 0 Å². The summed E-state index contributed by atoms with van der Waals surface area (Å²) in [7, 11) is 0. The third-order valence-corrected chi connectivity index (χ3v) is 3.12. The van der Waals surface area contributed by atoms with Crippen LogP contribution in [-0.4, -0.2) is 0 Å². The van der Waals surface area contributed by atoms with Crippen LogP contribution in [0, 0.1) is 3.57 Å². The van der Waals surface area contributed by atoms with E-state index in [1.54, 1.807) is 6.07 Å². The quantitative estimate of drug-likeness (QED) is 0.626. The van der Waals surface area contributed by atoms with Gasteiger partial charge in [-0.3, -0.25) is 0 Å². The maximum atomic E-state index is 5.92. The van der Waals surface area contributed by atoms with E-state index in [2.05, 4.69) is 22.6 Å². The summed E-state index contributed by atoms with van der Waals surface area (Å²) in [6.45, 7) is 0.426. The molecule has 0 saturated heterocycles. The van der Waals surface area contributed by atoms with Gasteiger partial charge in [0.1, 0.15) is 0 Å². The molecule has 0 aliphatic carbocycles. The molecule has 1 nitrogen and oxygen atoms in total. The topological polar surface area (TPSA) is 26.0 Å². The predicted molar refractivity (Wildman–Crippen MR) is 57.1 cm³/mol. The van der Waals surface area contributed by atoms with Crippen LogP contribution in [0.15, 0.2) is 12.1 Å². The molecule has 2 N–H and O–H groups in total. The van der Waals surface area contributed by atoms with Gasteiger partial charge in [-0.1, -0.05) is 23.2 Å². The maximum absolute atomic E-state index is 5.92.